The van der Waals surface area contributed by atoms with Crippen LogP contribution in [0.2, 0.25) is 0 Å². The van der Waals surface area contributed by atoms with Gasteiger partial charge in [-0.1, -0.05) is 12.1 Å². The highest BCUT2D eigenvalue weighted by Crippen LogP contribution is 2.15. The monoisotopic (exact) mass is 276 g/mol. The molecule has 1 atom stereocenters. The van der Waals surface area contributed by atoms with Gasteiger partial charge in [-0.3, -0.25) is 4.90 Å². The Balaban J connectivity index is 1.73. The van der Waals surface area contributed by atoms with E-state index in [1.165, 1.54) is 31.5 Å². The van der Waals surface area contributed by atoms with Gasteiger partial charge >= 0.3 is 0 Å². The lowest BCUT2D eigenvalue weighted by Gasteiger charge is -2.19. The van der Waals surface area contributed by atoms with Crippen molar-refractivity contribution in [1.82, 2.24) is 9.80 Å². The quantitative estimate of drug-likeness (QED) is 0.761. The minimum Gasteiger partial charge on any atom is -0.492 e. The third kappa shape index (κ3) is 4.80. The normalized spacial score (nSPS) is 17.6. The van der Waals surface area contributed by atoms with Crippen molar-refractivity contribution in [1.29, 1.82) is 0 Å². The summed E-state index contributed by atoms with van der Waals surface area (Å²) in [7, 11) is 4.25. The molecule has 20 heavy (non-hydrogen) atoms. The van der Waals surface area contributed by atoms with Crippen molar-refractivity contribution < 1.29 is 4.74 Å². The molecule has 0 aromatic heterocycles. The molecular weight excluding hydrogens is 248 g/mol. The van der Waals surface area contributed by atoms with Gasteiger partial charge in [0.1, 0.15) is 12.4 Å². The topological polar surface area (TPSA) is 15.7 Å². The molecule has 0 aliphatic carbocycles. The lowest BCUT2D eigenvalue weighted by molar-refractivity contribution is 0.237. The summed E-state index contributed by atoms with van der Waals surface area (Å²) in [5.74, 6) is 0.991. The summed E-state index contributed by atoms with van der Waals surface area (Å²) in [6.45, 7) is 6.59. The van der Waals surface area contributed by atoms with E-state index < -0.39 is 0 Å². The van der Waals surface area contributed by atoms with Crippen LogP contribution in [0.3, 0.4) is 0 Å². The van der Waals surface area contributed by atoms with Gasteiger partial charge in [-0.05, 0) is 71.1 Å². The number of rotatable bonds is 7. The summed E-state index contributed by atoms with van der Waals surface area (Å²) in [6, 6.07) is 9.14. The smallest absolute Gasteiger partial charge is 0.119 e. The van der Waals surface area contributed by atoms with Crippen molar-refractivity contribution in [2.45, 2.75) is 32.2 Å². The summed E-state index contributed by atoms with van der Waals surface area (Å²) in [6.07, 6.45) is 3.78. The lowest BCUT2D eigenvalue weighted by Crippen LogP contribution is -2.26. The summed E-state index contributed by atoms with van der Waals surface area (Å²) >= 11 is 0. The van der Waals surface area contributed by atoms with Crippen molar-refractivity contribution in [2.24, 2.45) is 0 Å². The molecule has 1 unspecified atom stereocenters. The SMILES string of the molecule is CC(Cc1ccc(OCCN2CCCC2)cc1)N(C)C. The Morgan fingerprint density at radius 3 is 2.40 bits per heavy atom. The second kappa shape index (κ2) is 7.65. The van der Waals surface area contributed by atoms with Crippen LogP contribution in [0, 0.1) is 0 Å². The molecule has 112 valence electrons. The Hall–Kier alpha value is -1.06. The molecule has 1 aliphatic rings. The van der Waals surface area contributed by atoms with E-state index >= 15 is 0 Å². The molecule has 1 aliphatic heterocycles. The van der Waals surface area contributed by atoms with E-state index in [-0.39, 0.29) is 0 Å². The zero-order valence-electron chi connectivity index (χ0n) is 13.1. The first-order valence-electron chi connectivity index (χ1n) is 7.75. The Labute approximate surface area is 123 Å². The van der Waals surface area contributed by atoms with Gasteiger partial charge in [0.2, 0.25) is 0 Å². The molecule has 1 aromatic carbocycles. The number of hydrogen-bond donors (Lipinski definition) is 0. The van der Waals surface area contributed by atoms with Gasteiger partial charge in [-0.15, -0.1) is 0 Å². The molecule has 0 spiro atoms. The maximum Gasteiger partial charge on any atom is 0.119 e. The van der Waals surface area contributed by atoms with E-state index in [4.69, 9.17) is 4.74 Å². The zero-order chi connectivity index (χ0) is 14.4. The molecule has 1 heterocycles. The maximum absolute atomic E-state index is 5.82. The van der Waals surface area contributed by atoms with Crippen LogP contribution in [0.15, 0.2) is 24.3 Å². The highest BCUT2D eigenvalue weighted by atomic mass is 16.5. The zero-order valence-corrected chi connectivity index (χ0v) is 13.1. The Morgan fingerprint density at radius 2 is 1.80 bits per heavy atom. The molecule has 0 saturated carbocycles. The molecule has 2 rings (SSSR count). The predicted octanol–water partition coefficient (Wildman–Crippen LogP) is 2.65. The minimum absolute atomic E-state index is 0.567. The molecule has 0 radical (unpaired) electrons. The van der Waals surface area contributed by atoms with Gasteiger partial charge in [0, 0.05) is 12.6 Å². The number of hydrogen-bond acceptors (Lipinski definition) is 3. The standard InChI is InChI=1S/C17H28N2O/c1-15(18(2)3)14-16-6-8-17(9-7-16)20-13-12-19-10-4-5-11-19/h6-9,15H,4-5,10-14H2,1-3H3. The van der Waals surface area contributed by atoms with Crippen LogP contribution in [0.4, 0.5) is 0 Å². The van der Waals surface area contributed by atoms with Crippen molar-refractivity contribution in [3.8, 4) is 5.75 Å². The number of ether oxygens (including phenoxy) is 1. The number of likely N-dealkylation sites (tertiary alicyclic amines) is 1. The number of likely N-dealkylation sites (N-methyl/N-ethyl adjacent to an activating group) is 1. The van der Waals surface area contributed by atoms with Crippen molar-refractivity contribution in [3.05, 3.63) is 29.8 Å². The van der Waals surface area contributed by atoms with Gasteiger partial charge in [0.25, 0.3) is 0 Å². The lowest BCUT2D eigenvalue weighted by atomic mass is 10.1. The van der Waals surface area contributed by atoms with Crippen LogP contribution >= 0.6 is 0 Å². The molecule has 1 saturated heterocycles. The Kier molecular flexibility index (Phi) is 5.86. The number of nitrogens with zero attached hydrogens (tertiary/aromatic N) is 2. The number of benzene rings is 1. The Morgan fingerprint density at radius 1 is 1.15 bits per heavy atom. The van der Waals surface area contributed by atoms with Gasteiger partial charge in [0.15, 0.2) is 0 Å². The summed E-state index contributed by atoms with van der Waals surface area (Å²) in [4.78, 5) is 4.73. The third-order valence-electron chi connectivity index (χ3n) is 4.21. The van der Waals surface area contributed by atoms with Crippen LogP contribution in [0.1, 0.15) is 25.3 Å². The summed E-state index contributed by atoms with van der Waals surface area (Å²) in [5, 5.41) is 0. The van der Waals surface area contributed by atoms with E-state index in [2.05, 4.69) is 55.1 Å². The fourth-order valence-electron chi connectivity index (χ4n) is 2.54. The maximum atomic E-state index is 5.82. The van der Waals surface area contributed by atoms with Crippen molar-refractivity contribution in [3.63, 3.8) is 0 Å². The first kappa shape index (κ1) is 15.3. The van der Waals surface area contributed by atoms with Crippen LogP contribution in [0.25, 0.3) is 0 Å². The molecular formula is C17H28N2O. The fraction of sp³-hybridized carbons (Fsp3) is 0.647. The molecule has 0 amide bonds. The van der Waals surface area contributed by atoms with E-state index in [1.54, 1.807) is 0 Å². The summed E-state index contributed by atoms with van der Waals surface area (Å²) in [5.41, 5.74) is 1.37. The van der Waals surface area contributed by atoms with E-state index in [0.29, 0.717) is 6.04 Å². The highest BCUT2D eigenvalue weighted by Gasteiger charge is 2.10. The molecule has 0 bridgehead atoms. The Bertz CT molecular complexity index is 382. The van der Waals surface area contributed by atoms with E-state index in [1.807, 2.05) is 0 Å². The van der Waals surface area contributed by atoms with Crippen LogP contribution < -0.4 is 4.74 Å². The van der Waals surface area contributed by atoms with Crippen molar-refractivity contribution in [2.75, 3.05) is 40.3 Å². The van der Waals surface area contributed by atoms with E-state index in [0.717, 1.165) is 25.3 Å². The second-order valence-electron chi connectivity index (χ2n) is 6.06. The minimum atomic E-state index is 0.567. The van der Waals surface area contributed by atoms with Gasteiger partial charge in [-0.25, -0.2) is 0 Å². The fourth-order valence-corrected chi connectivity index (χ4v) is 2.54. The van der Waals surface area contributed by atoms with Gasteiger partial charge < -0.3 is 9.64 Å². The first-order chi connectivity index (χ1) is 9.65. The van der Waals surface area contributed by atoms with Crippen LogP contribution in [-0.4, -0.2) is 56.2 Å². The first-order valence-corrected chi connectivity index (χ1v) is 7.75. The molecule has 1 fully saturated rings. The van der Waals surface area contributed by atoms with Crippen LogP contribution in [0.5, 0.6) is 5.75 Å². The molecule has 0 N–H and O–H groups in total. The van der Waals surface area contributed by atoms with Crippen LogP contribution in [-0.2, 0) is 6.42 Å². The highest BCUT2D eigenvalue weighted by molar-refractivity contribution is 5.27. The van der Waals surface area contributed by atoms with Crippen molar-refractivity contribution >= 4 is 0 Å². The van der Waals surface area contributed by atoms with Gasteiger partial charge in [-0.2, -0.15) is 0 Å². The summed E-state index contributed by atoms with van der Waals surface area (Å²) < 4.78 is 5.82. The predicted molar refractivity (Wildman–Crippen MR) is 84.5 cm³/mol. The average molecular weight is 276 g/mol. The second-order valence-corrected chi connectivity index (χ2v) is 6.06. The average Bonchev–Trinajstić information content (AvgIpc) is 2.94. The molecule has 1 aromatic rings. The third-order valence-corrected chi connectivity index (χ3v) is 4.21. The molecule has 3 heteroatoms. The molecule has 3 nitrogen and oxygen atoms in total. The largest absolute Gasteiger partial charge is 0.492 e. The van der Waals surface area contributed by atoms with Gasteiger partial charge in [0.05, 0.1) is 0 Å². The van der Waals surface area contributed by atoms with E-state index in [9.17, 15) is 0 Å².